The maximum absolute atomic E-state index is 8.83. The number of ether oxygens (including phenoxy) is 2. The largest absolute Gasteiger partial charge is 0.490 e. The molecule has 2 aromatic carbocycles. The van der Waals surface area contributed by atoms with Gasteiger partial charge in [0.1, 0.15) is 6.61 Å². The summed E-state index contributed by atoms with van der Waals surface area (Å²) in [6, 6.07) is 9.00. The Labute approximate surface area is 169 Å². The Morgan fingerprint density at radius 1 is 1.04 bits per heavy atom. The number of aliphatic hydroxyl groups excluding tert-OH is 1. The van der Waals surface area contributed by atoms with Crippen molar-refractivity contribution in [2.75, 3.05) is 19.8 Å². The van der Waals surface area contributed by atoms with Crippen molar-refractivity contribution in [2.45, 2.75) is 26.5 Å². The molecule has 0 aliphatic carbocycles. The van der Waals surface area contributed by atoms with Gasteiger partial charge in [-0.15, -0.1) is 0 Å². The maximum Gasteiger partial charge on any atom is 0.180 e. The molecule has 0 saturated heterocycles. The fourth-order valence-electron chi connectivity index (χ4n) is 2.35. The number of rotatable bonds is 10. The maximum atomic E-state index is 8.83. The minimum absolute atomic E-state index is 0.165. The van der Waals surface area contributed by atoms with Crippen LogP contribution >= 0.6 is 34.8 Å². The van der Waals surface area contributed by atoms with Crippen LogP contribution < -0.4 is 14.8 Å². The van der Waals surface area contributed by atoms with E-state index < -0.39 is 0 Å². The zero-order chi connectivity index (χ0) is 18.9. The fourth-order valence-corrected chi connectivity index (χ4v) is 3.10. The summed E-state index contributed by atoms with van der Waals surface area (Å²) in [5.41, 5.74) is 1.79. The van der Waals surface area contributed by atoms with E-state index in [0.29, 0.717) is 46.1 Å². The minimum atomic E-state index is 0.165. The lowest BCUT2D eigenvalue weighted by atomic mass is 10.2. The number of halogens is 3. The first-order valence-corrected chi connectivity index (χ1v) is 9.52. The Morgan fingerprint density at radius 2 is 1.85 bits per heavy atom. The molecule has 0 fully saturated rings. The van der Waals surface area contributed by atoms with Crippen LogP contribution in [-0.2, 0) is 13.2 Å². The van der Waals surface area contributed by atoms with Crippen LogP contribution in [0.25, 0.3) is 0 Å². The number of nitrogens with one attached hydrogen (secondary N) is 1. The van der Waals surface area contributed by atoms with Crippen LogP contribution in [0.15, 0.2) is 30.3 Å². The van der Waals surface area contributed by atoms with Crippen LogP contribution in [0.5, 0.6) is 11.5 Å². The van der Waals surface area contributed by atoms with Crippen molar-refractivity contribution in [3.05, 3.63) is 56.5 Å². The van der Waals surface area contributed by atoms with Gasteiger partial charge in [0.25, 0.3) is 0 Å². The molecule has 0 saturated carbocycles. The lowest BCUT2D eigenvalue weighted by Crippen LogP contribution is -2.15. The van der Waals surface area contributed by atoms with E-state index in [4.69, 9.17) is 49.4 Å². The predicted octanol–water partition coefficient (Wildman–Crippen LogP) is 5.10. The van der Waals surface area contributed by atoms with Crippen LogP contribution in [0.3, 0.4) is 0 Å². The van der Waals surface area contributed by atoms with Crippen molar-refractivity contribution in [2.24, 2.45) is 0 Å². The Balaban J connectivity index is 2.13. The van der Waals surface area contributed by atoms with E-state index in [0.717, 1.165) is 17.7 Å². The Bertz CT molecular complexity index is 725. The van der Waals surface area contributed by atoms with Gasteiger partial charge in [-0.25, -0.2) is 0 Å². The van der Waals surface area contributed by atoms with Crippen molar-refractivity contribution in [1.29, 1.82) is 0 Å². The van der Waals surface area contributed by atoms with Gasteiger partial charge in [-0.2, -0.15) is 0 Å². The SMILES string of the molecule is CCOc1cc(CNCCCO)cc(Cl)c1OCc1ccc(Cl)cc1Cl. The highest BCUT2D eigenvalue weighted by atomic mass is 35.5. The van der Waals surface area contributed by atoms with E-state index in [1.54, 1.807) is 12.1 Å². The summed E-state index contributed by atoms with van der Waals surface area (Å²) >= 11 is 18.5. The second-order valence-corrected chi connectivity index (χ2v) is 6.87. The molecule has 2 N–H and O–H groups in total. The lowest BCUT2D eigenvalue weighted by molar-refractivity contribution is 0.269. The zero-order valence-corrected chi connectivity index (χ0v) is 16.8. The summed E-state index contributed by atoms with van der Waals surface area (Å²) in [6.07, 6.45) is 0.703. The highest BCUT2D eigenvalue weighted by Gasteiger charge is 2.14. The topological polar surface area (TPSA) is 50.7 Å². The molecule has 2 aromatic rings. The van der Waals surface area contributed by atoms with Gasteiger partial charge in [0, 0.05) is 28.8 Å². The molecular weight excluding hydrogens is 397 g/mol. The summed E-state index contributed by atoms with van der Waals surface area (Å²) in [4.78, 5) is 0. The van der Waals surface area contributed by atoms with Crippen molar-refractivity contribution >= 4 is 34.8 Å². The lowest BCUT2D eigenvalue weighted by Gasteiger charge is -2.16. The molecule has 0 bridgehead atoms. The molecule has 0 amide bonds. The summed E-state index contributed by atoms with van der Waals surface area (Å²) in [5, 5.41) is 13.7. The monoisotopic (exact) mass is 417 g/mol. The average molecular weight is 419 g/mol. The van der Waals surface area contributed by atoms with Crippen LogP contribution in [0.1, 0.15) is 24.5 Å². The Kier molecular flexibility index (Phi) is 8.82. The third-order valence-corrected chi connectivity index (χ3v) is 4.46. The molecule has 2 rings (SSSR count). The van der Waals surface area contributed by atoms with Gasteiger partial charge in [0.2, 0.25) is 0 Å². The molecule has 0 radical (unpaired) electrons. The molecule has 0 atom stereocenters. The summed E-state index contributed by atoms with van der Waals surface area (Å²) in [6.45, 7) is 4.17. The van der Waals surface area contributed by atoms with E-state index in [9.17, 15) is 0 Å². The highest BCUT2D eigenvalue weighted by Crippen LogP contribution is 2.37. The van der Waals surface area contributed by atoms with Gasteiger partial charge < -0.3 is 19.9 Å². The van der Waals surface area contributed by atoms with Crippen molar-refractivity contribution in [3.8, 4) is 11.5 Å². The number of hydrogen-bond donors (Lipinski definition) is 2. The molecule has 26 heavy (non-hydrogen) atoms. The molecule has 0 heterocycles. The first-order chi connectivity index (χ1) is 12.5. The van der Waals surface area contributed by atoms with Crippen LogP contribution in [0, 0.1) is 0 Å². The first kappa shape index (κ1) is 21.1. The smallest absolute Gasteiger partial charge is 0.180 e. The van der Waals surface area contributed by atoms with Gasteiger partial charge in [-0.05, 0) is 49.7 Å². The minimum Gasteiger partial charge on any atom is -0.490 e. The van der Waals surface area contributed by atoms with Gasteiger partial charge in [-0.1, -0.05) is 40.9 Å². The third-order valence-electron chi connectivity index (χ3n) is 3.60. The molecule has 0 spiro atoms. The van der Waals surface area contributed by atoms with Crippen molar-refractivity contribution in [3.63, 3.8) is 0 Å². The molecule has 0 aromatic heterocycles. The molecule has 0 aliphatic heterocycles. The molecular formula is C19H22Cl3NO3. The average Bonchev–Trinajstić information content (AvgIpc) is 2.60. The quantitative estimate of drug-likeness (QED) is 0.527. The van der Waals surface area contributed by atoms with Crippen LogP contribution in [-0.4, -0.2) is 24.9 Å². The van der Waals surface area contributed by atoms with E-state index in [1.807, 2.05) is 25.1 Å². The first-order valence-electron chi connectivity index (χ1n) is 8.38. The highest BCUT2D eigenvalue weighted by molar-refractivity contribution is 6.35. The third kappa shape index (κ3) is 6.22. The summed E-state index contributed by atoms with van der Waals surface area (Å²) in [7, 11) is 0. The second kappa shape index (κ2) is 10.9. The van der Waals surface area contributed by atoms with Gasteiger partial charge >= 0.3 is 0 Å². The Morgan fingerprint density at radius 3 is 2.54 bits per heavy atom. The second-order valence-electron chi connectivity index (χ2n) is 5.62. The van der Waals surface area contributed by atoms with E-state index in [2.05, 4.69) is 5.32 Å². The molecule has 4 nitrogen and oxygen atoms in total. The van der Waals surface area contributed by atoms with Gasteiger partial charge in [-0.3, -0.25) is 0 Å². The van der Waals surface area contributed by atoms with E-state index in [1.165, 1.54) is 0 Å². The number of aliphatic hydroxyl groups is 1. The van der Waals surface area contributed by atoms with E-state index in [-0.39, 0.29) is 13.2 Å². The molecule has 7 heteroatoms. The molecule has 0 aliphatic rings. The van der Waals surface area contributed by atoms with Gasteiger partial charge in [0.15, 0.2) is 11.5 Å². The summed E-state index contributed by atoms with van der Waals surface area (Å²) in [5.74, 6) is 1.07. The number of hydrogen-bond acceptors (Lipinski definition) is 4. The number of benzene rings is 2. The predicted molar refractivity (Wildman–Crippen MR) is 107 cm³/mol. The molecule has 142 valence electrons. The van der Waals surface area contributed by atoms with Crippen LogP contribution in [0.2, 0.25) is 15.1 Å². The van der Waals surface area contributed by atoms with Crippen molar-refractivity contribution < 1.29 is 14.6 Å². The molecule has 0 unspecified atom stereocenters. The normalized spacial score (nSPS) is 10.8. The van der Waals surface area contributed by atoms with Gasteiger partial charge in [0.05, 0.1) is 11.6 Å². The standard InChI is InChI=1S/C19H22Cl3NO3/c1-2-25-18-9-13(11-23-6-3-7-24)8-17(22)19(18)26-12-14-4-5-15(20)10-16(14)21/h4-5,8-10,23-24H,2-3,6-7,11-12H2,1H3. The van der Waals surface area contributed by atoms with Crippen LogP contribution in [0.4, 0.5) is 0 Å². The summed E-state index contributed by atoms with van der Waals surface area (Å²) < 4.78 is 11.6. The fraction of sp³-hybridized carbons (Fsp3) is 0.368. The Hall–Kier alpha value is -1.17. The van der Waals surface area contributed by atoms with E-state index >= 15 is 0 Å². The van der Waals surface area contributed by atoms with Crippen molar-refractivity contribution in [1.82, 2.24) is 5.32 Å². The zero-order valence-electron chi connectivity index (χ0n) is 14.5.